The van der Waals surface area contributed by atoms with Crippen LogP contribution in [0.5, 0.6) is 0 Å². The second-order valence-corrected chi connectivity index (χ2v) is 7.03. The number of hydrogen-bond donors (Lipinski definition) is 0. The standard InChI is InChI=1S/C18H28N2O4/c1-22-10-8-20-14-18(16(13-23-2)17(20)21)4-6-19(7-5-18)11-15-3-9-24-12-15/h3,9,12,16H,4-8,10-11,13-14H2,1-2H3/t16-/m0/s1. The minimum absolute atomic E-state index is 0.0181. The van der Waals surface area contributed by atoms with E-state index in [0.29, 0.717) is 19.8 Å². The molecule has 1 atom stereocenters. The number of rotatable bonds is 7. The fraction of sp³-hybridized carbons (Fsp3) is 0.722. The zero-order valence-electron chi connectivity index (χ0n) is 14.7. The Bertz CT molecular complexity index is 523. The second kappa shape index (κ2) is 7.68. The monoisotopic (exact) mass is 336 g/mol. The van der Waals surface area contributed by atoms with E-state index in [1.54, 1.807) is 20.5 Å². The molecular weight excluding hydrogens is 308 g/mol. The molecule has 1 aromatic heterocycles. The van der Waals surface area contributed by atoms with Crippen molar-refractivity contribution in [3.05, 3.63) is 24.2 Å². The molecule has 0 unspecified atom stereocenters. The molecule has 0 N–H and O–H groups in total. The molecule has 3 rings (SSSR count). The molecule has 0 saturated carbocycles. The van der Waals surface area contributed by atoms with E-state index in [0.717, 1.165) is 39.0 Å². The van der Waals surface area contributed by atoms with Gasteiger partial charge in [0.1, 0.15) is 0 Å². The molecule has 2 fully saturated rings. The molecule has 1 aromatic rings. The van der Waals surface area contributed by atoms with Crippen LogP contribution in [0.1, 0.15) is 18.4 Å². The highest BCUT2D eigenvalue weighted by Crippen LogP contribution is 2.45. The van der Waals surface area contributed by atoms with Crippen molar-refractivity contribution in [2.75, 3.05) is 53.6 Å². The number of amides is 1. The lowest BCUT2D eigenvalue weighted by Crippen LogP contribution is -2.45. The number of piperidine rings is 1. The molecule has 0 radical (unpaired) electrons. The summed E-state index contributed by atoms with van der Waals surface area (Å²) in [6.07, 6.45) is 5.60. The van der Waals surface area contributed by atoms with E-state index in [9.17, 15) is 4.79 Å². The van der Waals surface area contributed by atoms with Gasteiger partial charge in [-0.25, -0.2) is 0 Å². The van der Waals surface area contributed by atoms with Gasteiger partial charge in [-0.2, -0.15) is 0 Å². The predicted molar refractivity (Wildman–Crippen MR) is 89.5 cm³/mol. The molecule has 24 heavy (non-hydrogen) atoms. The average molecular weight is 336 g/mol. The van der Waals surface area contributed by atoms with Crippen molar-refractivity contribution in [3.8, 4) is 0 Å². The molecule has 2 aliphatic rings. The van der Waals surface area contributed by atoms with Gasteiger partial charge >= 0.3 is 0 Å². The van der Waals surface area contributed by atoms with Gasteiger partial charge in [0.2, 0.25) is 5.91 Å². The van der Waals surface area contributed by atoms with Crippen LogP contribution in [-0.2, 0) is 20.8 Å². The number of carbonyl (C=O) groups excluding carboxylic acids is 1. The molecule has 2 aliphatic heterocycles. The van der Waals surface area contributed by atoms with E-state index in [-0.39, 0.29) is 17.2 Å². The van der Waals surface area contributed by atoms with Gasteiger partial charge in [0.05, 0.1) is 31.7 Å². The van der Waals surface area contributed by atoms with E-state index in [1.165, 1.54) is 5.56 Å². The number of furan rings is 1. The predicted octanol–water partition coefficient (Wildman–Crippen LogP) is 1.61. The molecule has 0 aliphatic carbocycles. The van der Waals surface area contributed by atoms with Gasteiger partial charge in [0.25, 0.3) is 0 Å². The third-order valence-electron chi connectivity index (χ3n) is 5.59. The van der Waals surface area contributed by atoms with Gasteiger partial charge in [0.15, 0.2) is 0 Å². The second-order valence-electron chi connectivity index (χ2n) is 7.03. The molecule has 6 heteroatoms. The largest absolute Gasteiger partial charge is 0.472 e. The van der Waals surface area contributed by atoms with Crippen molar-refractivity contribution in [2.45, 2.75) is 19.4 Å². The summed E-state index contributed by atoms with van der Waals surface area (Å²) in [4.78, 5) is 17.2. The third-order valence-corrected chi connectivity index (χ3v) is 5.59. The van der Waals surface area contributed by atoms with E-state index in [2.05, 4.69) is 4.90 Å². The van der Waals surface area contributed by atoms with Gasteiger partial charge in [0, 0.05) is 44.8 Å². The van der Waals surface area contributed by atoms with E-state index >= 15 is 0 Å². The SMILES string of the molecule is COCCN1CC2(CCN(Cc3ccoc3)CC2)[C@@H](COC)C1=O. The minimum atomic E-state index is -0.0181. The van der Waals surface area contributed by atoms with Crippen molar-refractivity contribution in [2.24, 2.45) is 11.3 Å². The Labute approximate surface area is 143 Å². The number of hydrogen-bond acceptors (Lipinski definition) is 5. The third kappa shape index (κ3) is 3.50. The van der Waals surface area contributed by atoms with E-state index in [4.69, 9.17) is 13.9 Å². The van der Waals surface area contributed by atoms with Crippen LogP contribution in [0.3, 0.4) is 0 Å². The van der Waals surface area contributed by atoms with Crippen molar-refractivity contribution in [3.63, 3.8) is 0 Å². The van der Waals surface area contributed by atoms with Crippen LogP contribution in [-0.4, -0.2) is 69.3 Å². The average Bonchev–Trinajstić information content (AvgIpc) is 3.18. The number of carbonyl (C=O) groups is 1. The lowest BCUT2D eigenvalue weighted by atomic mass is 9.71. The van der Waals surface area contributed by atoms with E-state index < -0.39 is 0 Å². The maximum absolute atomic E-state index is 12.8. The first-order chi connectivity index (χ1) is 11.7. The maximum atomic E-state index is 12.8. The Morgan fingerprint density at radius 1 is 1.29 bits per heavy atom. The summed E-state index contributed by atoms with van der Waals surface area (Å²) in [6.45, 7) is 5.56. The number of ether oxygens (including phenoxy) is 2. The zero-order chi connectivity index (χ0) is 17.0. The van der Waals surface area contributed by atoms with Crippen LogP contribution in [0.25, 0.3) is 0 Å². The fourth-order valence-corrected chi connectivity index (χ4v) is 4.16. The Morgan fingerprint density at radius 3 is 2.71 bits per heavy atom. The number of nitrogens with zero attached hydrogens (tertiary/aromatic N) is 2. The smallest absolute Gasteiger partial charge is 0.228 e. The van der Waals surface area contributed by atoms with Crippen molar-refractivity contribution < 1.29 is 18.7 Å². The minimum Gasteiger partial charge on any atom is -0.472 e. The summed E-state index contributed by atoms with van der Waals surface area (Å²) in [5, 5.41) is 0. The van der Waals surface area contributed by atoms with Gasteiger partial charge in [-0.3, -0.25) is 9.69 Å². The normalized spacial score (nSPS) is 24.2. The Morgan fingerprint density at radius 2 is 2.08 bits per heavy atom. The summed E-state index contributed by atoms with van der Waals surface area (Å²) in [5.74, 6) is 0.215. The molecular formula is C18H28N2O4. The summed E-state index contributed by atoms with van der Waals surface area (Å²) < 4.78 is 15.7. The first kappa shape index (κ1) is 17.5. The summed E-state index contributed by atoms with van der Waals surface area (Å²) >= 11 is 0. The van der Waals surface area contributed by atoms with Crippen molar-refractivity contribution >= 4 is 5.91 Å². The highest BCUT2D eigenvalue weighted by Gasteiger charge is 2.52. The maximum Gasteiger partial charge on any atom is 0.228 e. The number of likely N-dealkylation sites (tertiary alicyclic amines) is 2. The van der Waals surface area contributed by atoms with Crippen molar-refractivity contribution in [1.82, 2.24) is 9.80 Å². The lowest BCUT2D eigenvalue weighted by molar-refractivity contribution is -0.134. The molecule has 134 valence electrons. The molecule has 1 spiro atoms. The highest BCUT2D eigenvalue weighted by molar-refractivity contribution is 5.82. The van der Waals surface area contributed by atoms with Gasteiger partial charge in [-0.1, -0.05) is 0 Å². The highest BCUT2D eigenvalue weighted by atomic mass is 16.5. The Hall–Kier alpha value is -1.37. The molecule has 6 nitrogen and oxygen atoms in total. The molecule has 0 bridgehead atoms. The van der Waals surface area contributed by atoms with Crippen molar-refractivity contribution in [1.29, 1.82) is 0 Å². The summed E-state index contributed by atoms with van der Waals surface area (Å²) in [7, 11) is 3.37. The Balaban J connectivity index is 1.64. The lowest BCUT2D eigenvalue weighted by Gasteiger charge is -2.41. The topological polar surface area (TPSA) is 55.1 Å². The molecule has 3 heterocycles. The van der Waals surface area contributed by atoms with E-state index in [1.807, 2.05) is 17.2 Å². The van der Waals surface area contributed by atoms with Gasteiger partial charge in [-0.15, -0.1) is 0 Å². The summed E-state index contributed by atoms with van der Waals surface area (Å²) in [5.41, 5.74) is 1.26. The van der Waals surface area contributed by atoms with Crippen LogP contribution >= 0.6 is 0 Å². The molecule has 1 amide bonds. The number of methoxy groups -OCH3 is 2. The van der Waals surface area contributed by atoms with Gasteiger partial charge in [-0.05, 0) is 32.0 Å². The van der Waals surface area contributed by atoms with Crippen LogP contribution < -0.4 is 0 Å². The fourth-order valence-electron chi connectivity index (χ4n) is 4.16. The summed E-state index contributed by atoms with van der Waals surface area (Å²) in [6, 6.07) is 2.02. The van der Waals surface area contributed by atoms with Crippen LogP contribution in [0.15, 0.2) is 23.0 Å². The molecule has 0 aromatic carbocycles. The van der Waals surface area contributed by atoms with Gasteiger partial charge < -0.3 is 18.8 Å². The first-order valence-corrected chi connectivity index (χ1v) is 8.68. The zero-order valence-corrected chi connectivity index (χ0v) is 14.7. The quantitative estimate of drug-likeness (QED) is 0.757. The van der Waals surface area contributed by atoms with Crippen LogP contribution in [0.2, 0.25) is 0 Å². The first-order valence-electron chi connectivity index (χ1n) is 8.68. The van der Waals surface area contributed by atoms with Crippen LogP contribution in [0.4, 0.5) is 0 Å². The Kier molecular flexibility index (Phi) is 5.58. The van der Waals surface area contributed by atoms with Crippen LogP contribution in [0, 0.1) is 11.3 Å². The molecule has 2 saturated heterocycles.